The summed E-state index contributed by atoms with van der Waals surface area (Å²) in [6, 6.07) is 9.56. The number of piperidine rings is 1. The number of carboxylic acids is 1. The number of rotatable bonds is 6. The number of aromatic nitrogens is 2. The van der Waals surface area contributed by atoms with E-state index in [0.717, 1.165) is 36.5 Å². The van der Waals surface area contributed by atoms with E-state index >= 15 is 0 Å². The van der Waals surface area contributed by atoms with Crippen LogP contribution in [0, 0.1) is 5.41 Å². The van der Waals surface area contributed by atoms with Crippen LogP contribution in [0.25, 0.3) is 0 Å². The van der Waals surface area contributed by atoms with Gasteiger partial charge < -0.3 is 14.7 Å². The van der Waals surface area contributed by atoms with Gasteiger partial charge in [0, 0.05) is 24.3 Å². The van der Waals surface area contributed by atoms with Crippen LogP contribution in [-0.2, 0) is 17.6 Å². The molecule has 1 N–H and O–H groups in total. The summed E-state index contributed by atoms with van der Waals surface area (Å²) in [5.74, 6) is 1.08. The number of hydrogen-bond acceptors (Lipinski definition) is 5. The first-order valence-corrected chi connectivity index (χ1v) is 9.67. The fourth-order valence-corrected chi connectivity index (χ4v) is 4.21. The summed E-state index contributed by atoms with van der Waals surface area (Å²) >= 11 is 0. The molecule has 0 amide bonds. The van der Waals surface area contributed by atoms with Gasteiger partial charge in [-0.25, -0.2) is 9.97 Å². The SMILES string of the molecule is O=C(O)C1(CCOc2ccccc2)CCN(c2ncnc3c2CCC3)CC1. The highest BCUT2D eigenvalue weighted by Crippen LogP contribution is 2.38. The maximum Gasteiger partial charge on any atom is 0.309 e. The minimum Gasteiger partial charge on any atom is -0.494 e. The molecule has 0 saturated carbocycles. The summed E-state index contributed by atoms with van der Waals surface area (Å²) < 4.78 is 5.76. The van der Waals surface area contributed by atoms with E-state index in [1.165, 1.54) is 5.56 Å². The molecule has 1 aromatic carbocycles. The van der Waals surface area contributed by atoms with Gasteiger partial charge in [-0.15, -0.1) is 0 Å². The van der Waals surface area contributed by atoms with Crippen molar-refractivity contribution in [1.82, 2.24) is 9.97 Å². The van der Waals surface area contributed by atoms with Crippen LogP contribution >= 0.6 is 0 Å². The fourth-order valence-electron chi connectivity index (χ4n) is 4.21. The molecule has 1 fully saturated rings. The van der Waals surface area contributed by atoms with E-state index in [1.54, 1.807) is 6.33 Å². The summed E-state index contributed by atoms with van der Waals surface area (Å²) in [7, 11) is 0. The van der Waals surface area contributed by atoms with Crippen LogP contribution in [0.5, 0.6) is 5.75 Å². The summed E-state index contributed by atoms with van der Waals surface area (Å²) in [4.78, 5) is 23.2. The molecule has 1 saturated heterocycles. The number of benzene rings is 1. The first kappa shape index (κ1) is 17.8. The second kappa shape index (κ2) is 7.55. The van der Waals surface area contributed by atoms with Gasteiger partial charge in [-0.2, -0.15) is 0 Å². The van der Waals surface area contributed by atoms with Gasteiger partial charge >= 0.3 is 5.97 Å². The third-order valence-corrected chi connectivity index (χ3v) is 5.92. The maximum absolute atomic E-state index is 12.0. The lowest BCUT2D eigenvalue weighted by Gasteiger charge is -2.39. The number of hydrogen-bond donors (Lipinski definition) is 1. The third-order valence-electron chi connectivity index (χ3n) is 5.92. The number of carboxylic acid groups (broad SMARTS) is 1. The Bertz CT molecular complexity index is 802. The lowest BCUT2D eigenvalue weighted by Crippen LogP contribution is -2.45. The van der Waals surface area contributed by atoms with E-state index in [9.17, 15) is 9.90 Å². The molecule has 27 heavy (non-hydrogen) atoms. The molecule has 1 aliphatic carbocycles. The predicted molar refractivity (Wildman–Crippen MR) is 102 cm³/mol. The lowest BCUT2D eigenvalue weighted by molar-refractivity contribution is -0.151. The zero-order valence-electron chi connectivity index (χ0n) is 15.4. The molecule has 6 nitrogen and oxygen atoms in total. The minimum atomic E-state index is -0.721. The number of fused-ring (bicyclic) bond motifs is 1. The molecule has 1 aromatic heterocycles. The first-order valence-electron chi connectivity index (χ1n) is 9.67. The maximum atomic E-state index is 12.0. The number of aryl methyl sites for hydroxylation is 1. The highest BCUT2D eigenvalue weighted by atomic mass is 16.5. The van der Waals surface area contributed by atoms with Crippen LogP contribution in [0.3, 0.4) is 0 Å². The Morgan fingerprint density at radius 3 is 2.67 bits per heavy atom. The van der Waals surface area contributed by atoms with Crippen molar-refractivity contribution < 1.29 is 14.6 Å². The molecular formula is C21H25N3O3. The molecular weight excluding hydrogens is 342 g/mol. The van der Waals surface area contributed by atoms with Gasteiger partial charge in [0.2, 0.25) is 0 Å². The van der Waals surface area contributed by atoms with Crippen molar-refractivity contribution in [3.05, 3.63) is 47.9 Å². The Balaban J connectivity index is 1.40. The van der Waals surface area contributed by atoms with E-state index < -0.39 is 11.4 Å². The fraction of sp³-hybridized carbons (Fsp3) is 0.476. The van der Waals surface area contributed by atoms with Crippen LogP contribution in [0.2, 0.25) is 0 Å². The largest absolute Gasteiger partial charge is 0.494 e. The molecule has 0 radical (unpaired) electrons. The molecule has 0 atom stereocenters. The van der Waals surface area contributed by atoms with Gasteiger partial charge in [0.05, 0.1) is 12.0 Å². The Kier molecular flexibility index (Phi) is 4.97. The van der Waals surface area contributed by atoms with Crippen molar-refractivity contribution in [3.8, 4) is 5.75 Å². The monoisotopic (exact) mass is 367 g/mol. The van der Waals surface area contributed by atoms with Gasteiger partial charge in [0.25, 0.3) is 0 Å². The van der Waals surface area contributed by atoms with Crippen molar-refractivity contribution in [2.45, 2.75) is 38.5 Å². The normalized spacial score (nSPS) is 18.1. The van der Waals surface area contributed by atoms with Crippen molar-refractivity contribution >= 4 is 11.8 Å². The molecule has 2 heterocycles. The zero-order chi connectivity index (χ0) is 18.7. The molecule has 142 valence electrons. The molecule has 0 spiro atoms. The molecule has 0 bridgehead atoms. The quantitative estimate of drug-likeness (QED) is 0.845. The van der Waals surface area contributed by atoms with Crippen molar-refractivity contribution in [3.63, 3.8) is 0 Å². The summed E-state index contributed by atoms with van der Waals surface area (Å²) in [6.45, 7) is 1.83. The molecule has 1 aliphatic heterocycles. The van der Waals surface area contributed by atoms with Gasteiger partial charge in [-0.05, 0) is 50.7 Å². The third kappa shape index (κ3) is 3.61. The predicted octanol–water partition coefficient (Wildman–Crippen LogP) is 3.11. The van der Waals surface area contributed by atoms with Gasteiger partial charge in [0.15, 0.2) is 0 Å². The smallest absolute Gasteiger partial charge is 0.309 e. The second-order valence-corrected chi connectivity index (χ2v) is 7.46. The summed E-state index contributed by atoms with van der Waals surface area (Å²) in [5.41, 5.74) is 1.70. The van der Waals surface area contributed by atoms with E-state index in [0.29, 0.717) is 39.0 Å². The Labute approximate surface area is 159 Å². The first-order chi connectivity index (χ1) is 13.2. The molecule has 2 aliphatic rings. The second-order valence-electron chi connectivity index (χ2n) is 7.46. The summed E-state index contributed by atoms with van der Waals surface area (Å²) in [5, 5.41) is 9.90. The number of aliphatic carboxylic acids is 1. The van der Waals surface area contributed by atoms with E-state index in [-0.39, 0.29) is 0 Å². The zero-order valence-corrected chi connectivity index (χ0v) is 15.4. The average Bonchev–Trinajstić information content (AvgIpc) is 3.18. The Morgan fingerprint density at radius 1 is 1.15 bits per heavy atom. The standard InChI is InChI=1S/C21H25N3O3/c25-20(26)21(11-14-27-16-5-2-1-3-6-16)9-12-24(13-10-21)19-17-7-4-8-18(17)22-15-23-19/h1-3,5-6,15H,4,7-14H2,(H,25,26). The topological polar surface area (TPSA) is 75.6 Å². The van der Waals surface area contributed by atoms with E-state index in [2.05, 4.69) is 14.9 Å². The van der Waals surface area contributed by atoms with Crippen molar-refractivity contribution in [2.24, 2.45) is 5.41 Å². The number of carbonyl (C=O) groups is 1. The highest BCUT2D eigenvalue weighted by molar-refractivity contribution is 5.75. The van der Waals surface area contributed by atoms with Crippen molar-refractivity contribution in [2.75, 3.05) is 24.6 Å². The van der Waals surface area contributed by atoms with Crippen LogP contribution in [0.1, 0.15) is 36.9 Å². The summed E-state index contributed by atoms with van der Waals surface area (Å²) in [6.07, 6.45) is 6.56. The van der Waals surface area contributed by atoms with Gasteiger partial charge in [-0.3, -0.25) is 4.79 Å². The van der Waals surface area contributed by atoms with Gasteiger partial charge in [-0.1, -0.05) is 18.2 Å². The number of nitrogens with zero attached hydrogens (tertiary/aromatic N) is 3. The molecule has 4 rings (SSSR count). The van der Waals surface area contributed by atoms with Crippen LogP contribution in [-0.4, -0.2) is 40.7 Å². The number of anilines is 1. The number of para-hydroxylation sites is 1. The van der Waals surface area contributed by atoms with E-state index in [1.807, 2.05) is 30.3 Å². The molecule has 0 unspecified atom stereocenters. The Hall–Kier alpha value is -2.63. The number of ether oxygens (including phenoxy) is 1. The molecule has 2 aromatic rings. The average molecular weight is 367 g/mol. The van der Waals surface area contributed by atoms with Crippen molar-refractivity contribution in [1.29, 1.82) is 0 Å². The van der Waals surface area contributed by atoms with Gasteiger partial charge in [0.1, 0.15) is 17.9 Å². The van der Waals surface area contributed by atoms with E-state index in [4.69, 9.17) is 4.74 Å². The lowest BCUT2D eigenvalue weighted by atomic mass is 9.76. The molecule has 6 heteroatoms. The van der Waals surface area contributed by atoms with Crippen LogP contribution in [0.4, 0.5) is 5.82 Å². The minimum absolute atomic E-state index is 0.416. The Morgan fingerprint density at radius 2 is 1.93 bits per heavy atom. The van der Waals surface area contributed by atoms with Crippen LogP contribution < -0.4 is 9.64 Å². The van der Waals surface area contributed by atoms with Crippen LogP contribution in [0.15, 0.2) is 36.7 Å². The highest BCUT2D eigenvalue weighted by Gasteiger charge is 2.42.